The first-order chi connectivity index (χ1) is 6.86. The van der Waals surface area contributed by atoms with Crippen LogP contribution in [0.2, 0.25) is 0 Å². The second-order valence-corrected chi connectivity index (χ2v) is 3.35. The Balaban J connectivity index is 0.000000853. The van der Waals surface area contributed by atoms with Gasteiger partial charge in [0.15, 0.2) is 0 Å². The van der Waals surface area contributed by atoms with Crippen LogP contribution in [0.15, 0.2) is 48.7 Å². The molecule has 0 spiro atoms. The van der Waals surface area contributed by atoms with E-state index in [2.05, 4.69) is 0 Å². The molecule has 0 radical (unpaired) electrons. The minimum absolute atomic E-state index is 0. The molecule has 15 heavy (non-hydrogen) atoms. The summed E-state index contributed by atoms with van der Waals surface area (Å²) in [5.74, 6) is 0.323. The van der Waals surface area contributed by atoms with Crippen LogP contribution in [0.25, 0.3) is 16.4 Å². The molecule has 1 N–H and O–H groups in total. The highest BCUT2D eigenvalue weighted by Crippen LogP contribution is 2.25. The normalized spacial score (nSPS) is 10.4. The van der Waals surface area contributed by atoms with Gasteiger partial charge in [-0.2, -0.15) is 0 Å². The van der Waals surface area contributed by atoms with E-state index in [0.717, 1.165) is 16.4 Å². The van der Waals surface area contributed by atoms with E-state index in [1.54, 1.807) is 6.07 Å². The van der Waals surface area contributed by atoms with E-state index in [-0.39, 0.29) is 12.4 Å². The second-order valence-electron chi connectivity index (χ2n) is 3.35. The second kappa shape index (κ2) is 3.48. The quantitative estimate of drug-likeness (QED) is 0.617. The molecule has 0 atom stereocenters. The van der Waals surface area contributed by atoms with Crippen molar-refractivity contribution in [3.05, 3.63) is 48.7 Å². The first-order valence-corrected chi connectivity index (χ1v) is 4.54. The van der Waals surface area contributed by atoms with E-state index >= 15 is 0 Å². The van der Waals surface area contributed by atoms with E-state index in [1.807, 2.05) is 47.0 Å². The highest BCUT2D eigenvalue weighted by Gasteiger charge is 2.03. The third-order valence-electron chi connectivity index (χ3n) is 2.50. The van der Waals surface area contributed by atoms with E-state index in [9.17, 15) is 5.11 Å². The van der Waals surface area contributed by atoms with Crippen molar-refractivity contribution in [2.75, 3.05) is 0 Å². The number of pyridine rings is 1. The molecule has 0 amide bonds. The van der Waals surface area contributed by atoms with Gasteiger partial charge in [-0.25, -0.2) is 0 Å². The van der Waals surface area contributed by atoms with E-state index in [4.69, 9.17) is 0 Å². The van der Waals surface area contributed by atoms with Crippen LogP contribution in [0.1, 0.15) is 0 Å². The number of hydrogen-bond donors (Lipinski definition) is 1. The number of hydrogen-bond acceptors (Lipinski definition) is 1. The first-order valence-electron chi connectivity index (χ1n) is 4.54. The number of para-hydroxylation sites is 1. The van der Waals surface area contributed by atoms with Crippen molar-refractivity contribution >= 4 is 28.8 Å². The molecule has 0 aliphatic heterocycles. The van der Waals surface area contributed by atoms with E-state index in [1.165, 1.54) is 0 Å². The lowest BCUT2D eigenvalue weighted by molar-refractivity contribution is 0.479. The summed E-state index contributed by atoms with van der Waals surface area (Å²) >= 11 is 0. The zero-order valence-electron chi connectivity index (χ0n) is 7.92. The third kappa shape index (κ3) is 1.34. The molecule has 0 saturated carbocycles. The number of halogens is 1. The van der Waals surface area contributed by atoms with Crippen molar-refractivity contribution in [2.45, 2.75) is 0 Å². The summed E-state index contributed by atoms with van der Waals surface area (Å²) in [5.41, 5.74) is 1.98. The molecule has 2 aromatic heterocycles. The van der Waals surface area contributed by atoms with Crippen molar-refractivity contribution in [1.82, 2.24) is 4.40 Å². The van der Waals surface area contributed by atoms with Crippen LogP contribution in [0, 0.1) is 0 Å². The molecular formula is C12H10ClNO. The average molecular weight is 220 g/mol. The lowest BCUT2D eigenvalue weighted by atomic mass is 10.2. The first kappa shape index (κ1) is 9.87. The van der Waals surface area contributed by atoms with Gasteiger partial charge in [0.25, 0.3) is 0 Å². The van der Waals surface area contributed by atoms with Crippen molar-refractivity contribution in [3.8, 4) is 5.75 Å². The maximum atomic E-state index is 9.65. The van der Waals surface area contributed by atoms with Crippen LogP contribution < -0.4 is 0 Å². The maximum absolute atomic E-state index is 9.65. The number of aromatic nitrogens is 1. The summed E-state index contributed by atoms with van der Waals surface area (Å²) in [7, 11) is 0. The molecule has 0 aliphatic carbocycles. The van der Waals surface area contributed by atoms with Crippen LogP contribution in [-0.4, -0.2) is 9.51 Å². The summed E-state index contributed by atoms with van der Waals surface area (Å²) in [4.78, 5) is 0. The Labute approximate surface area is 93.2 Å². The summed E-state index contributed by atoms with van der Waals surface area (Å²) in [6, 6.07) is 13.6. The molecule has 2 heterocycles. The predicted octanol–water partition coefficient (Wildman–Crippen LogP) is 3.22. The minimum atomic E-state index is 0. The van der Waals surface area contributed by atoms with Gasteiger partial charge in [-0.15, -0.1) is 12.4 Å². The van der Waals surface area contributed by atoms with Gasteiger partial charge in [-0.3, -0.25) is 0 Å². The van der Waals surface area contributed by atoms with Gasteiger partial charge in [-0.05, 0) is 24.3 Å². The lowest BCUT2D eigenvalue weighted by Gasteiger charge is -1.97. The molecule has 76 valence electrons. The summed E-state index contributed by atoms with van der Waals surface area (Å²) in [6.45, 7) is 0. The molecule has 1 aromatic carbocycles. The number of aromatic hydroxyl groups is 1. The zero-order chi connectivity index (χ0) is 9.54. The number of benzene rings is 1. The predicted molar refractivity (Wildman–Crippen MR) is 63.8 cm³/mol. The van der Waals surface area contributed by atoms with Crippen molar-refractivity contribution < 1.29 is 5.11 Å². The largest absolute Gasteiger partial charge is 0.506 e. The van der Waals surface area contributed by atoms with E-state index < -0.39 is 0 Å². The van der Waals surface area contributed by atoms with Gasteiger partial charge in [0.05, 0.1) is 11.0 Å². The van der Waals surface area contributed by atoms with Crippen LogP contribution >= 0.6 is 12.4 Å². The molecule has 3 rings (SSSR count). The maximum Gasteiger partial charge on any atom is 0.139 e. The van der Waals surface area contributed by atoms with Gasteiger partial charge in [0.2, 0.25) is 0 Å². The van der Waals surface area contributed by atoms with Crippen LogP contribution in [-0.2, 0) is 0 Å². The SMILES string of the molecule is Cl.Oc1cccn2c1cc1ccccc12. The number of fused-ring (bicyclic) bond motifs is 3. The molecule has 2 nitrogen and oxygen atoms in total. The van der Waals surface area contributed by atoms with Gasteiger partial charge in [-0.1, -0.05) is 18.2 Å². The lowest BCUT2D eigenvalue weighted by Crippen LogP contribution is -1.81. The number of nitrogens with zero attached hydrogens (tertiary/aromatic N) is 1. The Morgan fingerprint density at radius 2 is 1.73 bits per heavy atom. The third-order valence-corrected chi connectivity index (χ3v) is 2.50. The monoisotopic (exact) mass is 219 g/mol. The van der Waals surface area contributed by atoms with Crippen molar-refractivity contribution in [3.63, 3.8) is 0 Å². The molecule has 0 aliphatic rings. The Kier molecular flexibility index (Phi) is 2.29. The Morgan fingerprint density at radius 3 is 2.60 bits per heavy atom. The fourth-order valence-electron chi connectivity index (χ4n) is 1.84. The smallest absolute Gasteiger partial charge is 0.139 e. The van der Waals surface area contributed by atoms with Crippen LogP contribution in [0.3, 0.4) is 0 Å². The minimum Gasteiger partial charge on any atom is -0.506 e. The molecule has 3 aromatic rings. The van der Waals surface area contributed by atoms with Crippen LogP contribution in [0.4, 0.5) is 0 Å². The topological polar surface area (TPSA) is 24.6 Å². The molecule has 0 fully saturated rings. The fourth-order valence-corrected chi connectivity index (χ4v) is 1.84. The molecular weight excluding hydrogens is 210 g/mol. The van der Waals surface area contributed by atoms with Gasteiger partial charge < -0.3 is 9.51 Å². The highest BCUT2D eigenvalue weighted by atomic mass is 35.5. The van der Waals surface area contributed by atoms with Gasteiger partial charge >= 0.3 is 0 Å². The molecule has 3 heteroatoms. The van der Waals surface area contributed by atoms with Crippen molar-refractivity contribution in [2.24, 2.45) is 0 Å². The van der Waals surface area contributed by atoms with Crippen LogP contribution in [0.5, 0.6) is 5.75 Å². The summed E-state index contributed by atoms with van der Waals surface area (Å²) in [5, 5.41) is 10.8. The zero-order valence-corrected chi connectivity index (χ0v) is 8.74. The standard InChI is InChI=1S/C12H9NO.ClH/c14-12-6-3-7-13-10-5-2-1-4-9(10)8-11(12)13;/h1-8,14H;1H. The highest BCUT2D eigenvalue weighted by molar-refractivity contribution is 5.89. The van der Waals surface area contributed by atoms with Gasteiger partial charge in [0, 0.05) is 11.6 Å². The molecule has 0 bridgehead atoms. The Hall–Kier alpha value is -1.67. The molecule has 0 unspecified atom stereocenters. The fraction of sp³-hybridized carbons (Fsp3) is 0. The Bertz CT molecular complexity index is 615. The average Bonchev–Trinajstić information content (AvgIpc) is 2.59. The summed E-state index contributed by atoms with van der Waals surface area (Å²) < 4.78 is 1.99. The van der Waals surface area contributed by atoms with Crippen molar-refractivity contribution in [1.29, 1.82) is 0 Å². The number of rotatable bonds is 0. The summed E-state index contributed by atoms with van der Waals surface area (Å²) in [6.07, 6.45) is 1.96. The Morgan fingerprint density at radius 1 is 0.933 bits per heavy atom. The molecule has 0 saturated heterocycles. The van der Waals surface area contributed by atoms with Gasteiger partial charge in [0.1, 0.15) is 5.75 Å². The van der Waals surface area contributed by atoms with E-state index in [0.29, 0.717) is 5.75 Å².